The maximum atomic E-state index is 9.29. The van der Waals surface area contributed by atoms with E-state index in [0.717, 1.165) is 0 Å². The van der Waals surface area contributed by atoms with E-state index in [9.17, 15) is 10.5 Å². The van der Waals surface area contributed by atoms with E-state index in [2.05, 4.69) is 9.69 Å². The molecule has 22 heavy (non-hydrogen) atoms. The highest BCUT2D eigenvalue weighted by Gasteiger charge is 2.28. The lowest BCUT2D eigenvalue weighted by atomic mass is 9.77. The van der Waals surface area contributed by atoms with Gasteiger partial charge in [0.2, 0.25) is 0 Å². The van der Waals surface area contributed by atoms with E-state index in [0.29, 0.717) is 16.7 Å². The molecule has 1 aromatic rings. The molecular formula is C18H14N4. The predicted octanol–water partition coefficient (Wildman–Crippen LogP) is 4.58. The van der Waals surface area contributed by atoms with E-state index in [1.165, 1.54) is 0 Å². The summed E-state index contributed by atoms with van der Waals surface area (Å²) in [5.41, 5.74) is 0.654. The third kappa shape index (κ3) is 3.40. The lowest BCUT2D eigenvalue weighted by Crippen LogP contribution is -2.14. The highest BCUT2D eigenvalue weighted by molar-refractivity contribution is 5.87. The maximum Gasteiger partial charge on any atom is 0.268 e. The first kappa shape index (κ1) is 16.7. The van der Waals surface area contributed by atoms with Crippen LogP contribution in [-0.4, -0.2) is 0 Å². The average Bonchev–Trinajstić information content (AvgIpc) is 2.50. The van der Waals surface area contributed by atoms with Crippen molar-refractivity contribution < 1.29 is 0 Å². The Hall–Kier alpha value is -3.34. The van der Waals surface area contributed by atoms with Crippen molar-refractivity contribution in [1.82, 2.24) is 0 Å². The lowest BCUT2D eigenvalue weighted by Gasteiger charge is -2.27. The summed E-state index contributed by atoms with van der Waals surface area (Å²) in [6.45, 7) is 20.1. The van der Waals surface area contributed by atoms with Crippen molar-refractivity contribution >= 4 is 5.57 Å². The zero-order chi connectivity index (χ0) is 16.8. The van der Waals surface area contributed by atoms with Crippen LogP contribution in [0.3, 0.4) is 0 Å². The van der Waals surface area contributed by atoms with Crippen molar-refractivity contribution in [3.05, 3.63) is 75.7 Å². The van der Waals surface area contributed by atoms with Crippen LogP contribution in [0, 0.1) is 41.2 Å². The van der Waals surface area contributed by atoms with Gasteiger partial charge in [0.05, 0.1) is 25.3 Å². The molecular weight excluding hydrogens is 272 g/mol. The Morgan fingerprint density at radius 2 is 1.45 bits per heavy atom. The van der Waals surface area contributed by atoms with Crippen LogP contribution >= 0.6 is 0 Å². The van der Waals surface area contributed by atoms with Crippen LogP contribution in [0.5, 0.6) is 0 Å². The molecule has 106 valence electrons. The lowest BCUT2D eigenvalue weighted by molar-refractivity contribution is 0.518. The first-order valence-corrected chi connectivity index (χ1v) is 6.50. The first-order valence-electron chi connectivity index (χ1n) is 6.50. The number of benzene rings is 1. The monoisotopic (exact) mass is 286 g/mol. The van der Waals surface area contributed by atoms with Crippen molar-refractivity contribution in [3.8, 4) is 12.1 Å². The van der Waals surface area contributed by atoms with Crippen molar-refractivity contribution in [2.45, 2.75) is 20.8 Å². The van der Waals surface area contributed by atoms with E-state index < -0.39 is 5.41 Å². The van der Waals surface area contributed by atoms with Crippen LogP contribution in [-0.2, 0) is 0 Å². The molecule has 0 radical (unpaired) electrons. The third-order valence-corrected chi connectivity index (χ3v) is 2.97. The standard InChI is InChI=1S/C18H14N4/c1-18(2,3)17(15(12-20)22-5)16(14(11-19)21-4)13-9-7-6-8-10-13/h6-10H,1-3H3/b16-14-,17-15-. The van der Waals surface area contributed by atoms with Gasteiger partial charge in [-0.25, -0.2) is 20.2 Å². The molecule has 4 heteroatoms. The smallest absolute Gasteiger partial charge is 0.226 e. The number of nitrogens with zero attached hydrogens (tertiary/aromatic N) is 4. The maximum absolute atomic E-state index is 9.29. The number of hydrogen-bond acceptors (Lipinski definition) is 2. The molecule has 0 spiro atoms. The Bertz CT molecular complexity index is 760. The summed E-state index contributed by atoms with van der Waals surface area (Å²) >= 11 is 0. The Labute approximate surface area is 130 Å². The summed E-state index contributed by atoms with van der Waals surface area (Å²) in [6.07, 6.45) is 0. The van der Waals surface area contributed by atoms with Gasteiger partial charge in [-0.2, -0.15) is 0 Å². The Kier molecular flexibility index (Phi) is 5.24. The molecule has 0 saturated heterocycles. The number of hydrogen-bond donors (Lipinski definition) is 0. The van der Waals surface area contributed by atoms with Crippen molar-refractivity contribution in [3.63, 3.8) is 0 Å². The molecule has 0 bridgehead atoms. The fraction of sp³-hybridized carbons (Fsp3) is 0.222. The SMILES string of the molecule is [C-]#[N+]/C(C#N)=C(\C(=C(/C#N)[N+]#[C-])C(C)(C)C)c1ccccc1. The van der Waals surface area contributed by atoms with Crippen LogP contribution in [0.2, 0.25) is 0 Å². The van der Waals surface area contributed by atoms with Crippen molar-refractivity contribution in [1.29, 1.82) is 10.5 Å². The molecule has 0 unspecified atom stereocenters. The quantitative estimate of drug-likeness (QED) is 0.454. The molecule has 0 atom stereocenters. The molecule has 1 aromatic carbocycles. The van der Waals surface area contributed by atoms with Crippen LogP contribution in [0.4, 0.5) is 0 Å². The fourth-order valence-electron chi connectivity index (χ4n) is 2.13. The van der Waals surface area contributed by atoms with Crippen LogP contribution in [0.1, 0.15) is 26.3 Å². The minimum atomic E-state index is -0.562. The third-order valence-electron chi connectivity index (χ3n) is 2.97. The number of nitriles is 2. The Morgan fingerprint density at radius 3 is 1.82 bits per heavy atom. The summed E-state index contributed by atoms with van der Waals surface area (Å²) < 4.78 is 0. The van der Waals surface area contributed by atoms with Crippen molar-refractivity contribution in [2.75, 3.05) is 0 Å². The molecule has 0 aliphatic carbocycles. The average molecular weight is 286 g/mol. The van der Waals surface area contributed by atoms with Crippen LogP contribution in [0.15, 0.2) is 47.3 Å². The van der Waals surface area contributed by atoms with Gasteiger partial charge < -0.3 is 0 Å². The highest BCUT2D eigenvalue weighted by atomic mass is 14.7. The normalized spacial score (nSPS) is 12.7. The van der Waals surface area contributed by atoms with Gasteiger partial charge in [-0.05, 0) is 22.1 Å². The van der Waals surface area contributed by atoms with E-state index in [4.69, 9.17) is 13.1 Å². The largest absolute Gasteiger partial charge is 0.268 e. The summed E-state index contributed by atoms with van der Waals surface area (Å²) in [6, 6.07) is 12.7. The zero-order valence-corrected chi connectivity index (χ0v) is 12.7. The van der Waals surface area contributed by atoms with Gasteiger partial charge in [-0.3, -0.25) is 0 Å². The second-order valence-electron chi connectivity index (χ2n) is 5.51. The summed E-state index contributed by atoms with van der Waals surface area (Å²) in [4.78, 5) is 6.58. The molecule has 4 nitrogen and oxygen atoms in total. The van der Waals surface area contributed by atoms with E-state index >= 15 is 0 Å². The number of rotatable bonds is 2. The molecule has 0 aliphatic rings. The molecule has 0 fully saturated rings. The minimum absolute atomic E-state index is 0.0947. The molecule has 0 N–H and O–H groups in total. The van der Waals surface area contributed by atoms with Gasteiger partial charge in [0.1, 0.15) is 0 Å². The summed E-state index contributed by atoms with van der Waals surface area (Å²) in [5, 5.41) is 18.6. The Morgan fingerprint density at radius 1 is 0.955 bits per heavy atom. The van der Waals surface area contributed by atoms with E-state index in [-0.39, 0.29) is 11.4 Å². The van der Waals surface area contributed by atoms with Gasteiger partial charge in [0.25, 0.3) is 11.4 Å². The zero-order valence-electron chi connectivity index (χ0n) is 12.7. The fourth-order valence-corrected chi connectivity index (χ4v) is 2.13. The van der Waals surface area contributed by atoms with Crippen LogP contribution < -0.4 is 0 Å². The van der Waals surface area contributed by atoms with Gasteiger partial charge in [0, 0.05) is 0 Å². The van der Waals surface area contributed by atoms with Gasteiger partial charge in [-0.15, -0.1) is 0 Å². The Balaban J connectivity index is 3.97. The number of allylic oxidation sites excluding steroid dienone is 4. The molecule has 0 amide bonds. The van der Waals surface area contributed by atoms with E-state index in [1.807, 2.05) is 39.0 Å². The van der Waals surface area contributed by atoms with Gasteiger partial charge in [-0.1, -0.05) is 51.1 Å². The first-order chi connectivity index (χ1) is 10.4. The second kappa shape index (κ2) is 6.90. The molecule has 0 saturated carbocycles. The predicted molar refractivity (Wildman–Crippen MR) is 84.3 cm³/mol. The van der Waals surface area contributed by atoms with Gasteiger partial charge in [0.15, 0.2) is 0 Å². The van der Waals surface area contributed by atoms with Gasteiger partial charge >= 0.3 is 0 Å². The molecule has 0 aliphatic heterocycles. The van der Waals surface area contributed by atoms with Crippen molar-refractivity contribution in [2.24, 2.45) is 5.41 Å². The summed E-state index contributed by atoms with van der Waals surface area (Å²) in [5.74, 6) is 0. The summed E-state index contributed by atoms with van der Waals surface area (Å²) in [7, 11) is 0. The second-order valence-corrected chi connectivity index (χ2v) is 5.51. The van der Waals surface area contributed by atoms with Crippen LogP contribution in [0.25, 0.3) is 15.3 Å². The molecule has 1 rings (SSSR count). The minimum Gasteiger partial charge on any atom is -0.226 e. The molecule has 0 heterocycles. The molecule has 0 aromatic heterocycles. The topological polar surface area (TPSA) is 56.3 Å². The van der Waals surface area contributed by atoms with E-state index in [1.54, 1.807) is 24.3 Å². The highest BCUT2D eigenvalue weighted by Crippen LogP contribution is 2.41.